The zero-order chi connectivity index (χ0) is 22.8. The largest absolute Gasteiger partial charge is 0.352 e. The number of carbonyl (C=O) groups excluding carboxylic acids is 2. The molecule has 0 saturated heterocycles. The molecule has 0 bridgehead atoms. The highest BCUT2D eigenvalue weighted by Gasteiger charge is 2.51. The average molecular weight is 449 g/mol. The van der Waals surface area contributed by atoms with E-state index in [0.717, 1.165) is 12.8 Å². The number of nitrogens with one attached hydrogen (secondary N) is 2. The van der Waals surface area contributed by atoms with Gasteiger partial charge in [-0.05, 0) is 56.9 Å². The maximum absolute atomic E-state index is 12.8. The number of rotatable bonds is 9. The number of amides is 2. The Labute approximate surface area is 180 Å². The molecule has 1 heterocycles. The summed E-state index contributed by atoms with van der Waals surface area (Å²) in [6.07, 6.45) is 1.90. The van der Waals surface area contributed by atoms with Crippen molar-refractivity contribution >= 4 is 19.4 Å². The van der Waals surface area contributed by atoms with Crippen LogP contribution in [0.1, 0.15) is 73.0 Å². The zero-order valence-corrected chi connectivity index (χ0v) is 18.7. The van der Waals surface area contributed by atoms with E-state index < -0.39 is 18.7 Å². The number of hydrogen-bond acceptors (Lipinski definition) is 5. The molecule has 4 N–H and O–H groups in total. The van der Waals surface area contributed by atoms with Crippen molar-refractivity contribution < 1.29 is 23.9 Å². The fourth-order valence-electron chi connectivity index (χ4n) is 3.67. The van der Waals surface area contributed by atoms with Crippen LogP contribution < -0.4 is 10.6 Å². The van der Waals surface area contributed by atoms with Crippen LogP contribution in [0.15, 0.2) is 24.3 Å². The summed E-state index contributed by atoms with van der Waals surface area (Å²) < 4.78 is 14.0. The Morgan fingerprint density at radius 3 is 2.23 bits per heavy atom. The summed E-state index contributed by atoms with van der Waals surface area (Å²) >= 11 is 0. The maximum Gasteiger partial charge on any atom is 0.337 e. The minimum atomic E-state index is -4.71. The van der Waals surface area contributed by atoms with Gasteiger partial charge in [0.15, 0.2) is 5.69 Å². The van der Waals surface area contributed by atoms with Crippen LogP contribution in [-0.2, 0) is 9.72 Å². The quantitative estimate of drug-likeness (QED) is 0.429. The summed E-state index contributed by atoms with van der Waals surface area (Å²) in [5.41, 5.74) is 0.869. The maximum atomic E-state index is 12.8. The summed E-state index contributed by atoms with van der Waals surface area (Å²) in [6, 6.07) is 6.46. The lowest BCUT2D eigenvalue weighted by Gasteiger charge is -2.33. The fraction of sp³-hybridized carbons (Fsp3) is 0.500. The Morgan fingerprint density at radius 1 is 1.13 bits per heavy atom. The number of hydrogen-bond donors (Lipinski definition) is 4. The third-order valence-electron chi connectivity index (χ3n) is 5.68. The van der Waals surface area contributed by atoms with Gasteiger partial charge in [-0.3, -0.25) is 14.2 Å². The molecule has 10 nitrogen and oxygen atoms in total. The van der Waals surface area contributed by atoms with Gasteiger partial charge in [-0.1, -0.05) is 19.1 Å². The minimum absolute atomic E-state index is 0.0505. The first-order valence-corrected chi connectivity index (χ1v) is 12.0. The second-order valence-electron chi connectivity index (χ2n) is 7.64. The Bertz CT molecular complexity index is 1010. The molecule has 1 fully saturated rings. The SMILES string of the molecule is CCNC(=O)c1ccc(-n2nnc(C(=O)NC3CC3)c2C(CC)(CC)P(=O)(O)O)cc1. The molecular formula is C20H28N5O5P. The van der Waals surface area contributed by atoms with Crippen LogP contribution in [0.3, 0.4) is 0 Å². The van der Waals surface area contributed by atoms with E-state index in [0.29, 0.717) is 17.8 Å². The second kappa shape index (κ2) is 8.90. The van der Waals surface area contributed by atoms with E-state index in [1.807, 2.05) is 6.92 Å². The van der Waals surface area contributed by atoms with Crippen LogP contribution >= 0.6 is 7.60 Å². The van der Waals surface area contributed by atoms with Gasteiger partial charge in [0, 0.05) is 18.2 Å². The topological polar surface area (TPSA) is 146 Å². The number of benzene rings is 1. The Morgan fingerprint density at radius 2 is 1.74 bits per heavy atom. The zero-order valence-electron chi connectivity index (χ0n) is 17.8. The van der Waals surface area contributed by atoms with Crippen molar-refractivity contribution in [3.05, 3.63) is 41.2 Å². The highest BCUT2D eigenvalue weighted by molar-refractivity contribution is 7.53. The molecule has 11 heteroatoms. The van der Waals surface area contributed by atoms with E-state index in [2.05, 4.69) is 20.9 Å². The van der Waals surface area contributed by atoms with Crippen LogP contribution in [0.4, 0.5) is 0 Å². The van der Waals surface area contributed by atoms with Crippen molar-refractivity contribution in [2.24, 2.45) is 0 Å². The van der Waals surface area contributed by atoms with Crippen LogP contribution in [0.2, 0.25) is 0 Å². The van der Waals surface area contributed by atoms with Gasteiger partial charge in [-0.15, -0.1) is 5.10 Å². The number of carbonyl (C=O) groups is 2. The monoisotopic (exact) mass is 449 g/mol. The number of aromatic nitrogens is 3. The van der Waals surface area contributed by atoms with Crippen LogP contribution in [0.25, 0.3) is 5.69 Å². The van der Waals surface area contributed by atoms with Gasteiger partial charge in [-0.25, -0.2) is 4.68 Å². The van der Waals surface area contributed by atoms with E-state index in [1.54, 1.807) is 38.1 Å². The molecule has 31 heavy (non-hydrogen) atoms. The Balaban J connectivity index is 2.14. The lowest BCUT2D eigenvalue weighted by molar-refractivity contribution is 0.0939. The molecule has 2 amide bonds. The predicted octanol–water partition coefficient (Wildman–Crippen LogP) is 2.10. The van der Waals surface area contributed by atoms with Crippen LogP contribution in [0.5, 0.6) is 0 Å². The Hall–Kier alpha value is -2.55. The molecule has 1 aliphatic rings. The van der Waals surface area contributed by atoms with Gasteiger partial charge in [0.1, 0.15) is 5.16 Å². The second-order valence-corrected chi connectivity index (χ2v) is 9.58. The molecule has 1 aromatic heterocycles. The summed E-state index contributed by atoms with van der Waals surface area (Å²) in [4.78, 5) is 45.5. The minimum Gasteiger partial charge on any atom is -0.352 e. The molecule has 1 aromatic carbocycles. The molecular weight excluding hydrogens is 421 g/mol. The molecule has 1 saturated carbocycles. The summed E-state index contributed by atoms with van der Waals surface area (Å²) in [7, 11) is -4.71. The average Bonchev–Trinajstić information content (AvgIpc) is 3.43. The van der Waals surface area contributed by atoms with Crippen molar-refractivity contribution in [2.45, 2.75) is 57.7 Å². The third kappa shape index (κ3) is 4.42. The first-order chi connectivity index (χ1) is 14.7. The highest BCUT2D eigenvalue weighted by Crippen LogP contribution is 2.61. The summed E-state index contributed by atoms with van der Waals surface area (Å²) in [5, 5.41) is 12.0. The molecule has 3 rings (SSSR count). The first-order valence-electron chi connectivity index (χ1n) is 10.4. The smallest absolute Gasteiger partial charge is 0.337 e. The predicted molar refractivity (Wildman–Crippen MR) is 114 cm³/mol. The standard InChI is InChI=1S/C20H28N5O5P/c1-4-20(5-2,31(28,29)30)17-16(19(27)22-14-9-10-14)23-24-25(17)15-11-7-13(8-12-15)18(26)21-6-3/h7-8,11-12,14H,4-6,9-10H2,1-3H3,(H,21,26)(H,22,27)(H2,28,29,30). The van der Waals surface area contributed by atoms with Crippen molar-refractivity contribution in [3.8, 4) is 5.69 Å². The molecule has 2 aromatic rings. The fourth-order valence-corrected chi connectivity index (χ4v) is 4.97. The van der Waals surface area contributed by atoms with E-state index in [4.69, 9.17) is 0 Å². The van der Waals surface area contributed by atoms with Gasteiger partial charge in [-0.2, -0.15) is 0 Å². The summed E-state index contributed by atoms with van der Waals surface area (Å²) in [5.74, 6) is -0.730. The lowest BCUT2D eigenvalue weighted by Crippen LogP contribution is -2.33. The van der Waals surface area contributed by atoms with Gasteiger partial charge in [0.25, 0.3) is 11.8 Å². The van der Waals surface area contributed by atoms with Crippen molar-refractivity contribution in [3.63, 3.8) is 0 Å². The molecule has 0 spiro atoms. The first kappa shape index (κ1) is 23.1. The van der Waals surface area contributed by atoms with Crippen molar-refractivity contribution in [2.75, 3.05) is 6.54 Å². The van der Waals surface area contributed by atoms with E-state index in [1.165, 1.54) is 4.68 Å². The highest BCUT2D eigenvalue weighted by atomic mass is 31.2. The summed E-state index contributed by atoms with van der Waals surface area (Å²) in [6.45, 7) is 5.64. The van der Waals surface area contributed by atoms with Gasteiger partial charge in [0.05, 0.1) is 11.4 Å². The van der Waals surface area contributed by atoms with E-state index >= 15 is 0 Å². The van der Waals surface area contributed by atoms with E-state index in [-0.39, 0.29) is 36.2 Å². The van der Waals surface area contributed by atoms with Crippen molar-refractivity contribution in [1.29, 1.82) is 0 Å². The normalized spacial score (nSPS) is 14.4. The Kier molecular flexibility index (Phi) is 6.64. The van der Waals surface area contributed by atoms with Gasteiger partial charge >= 0.3 is 7.60 Å². The molecule has 0 radical (unpaired) electrons. The van der Waals surface area contributed by atoms with Gasteiger partial charge in [0.2, 0.25) is 0 Å². The molecule has 168 valence electrons. The van der Waals surface area contributed by atoms with Gasteiger partial charge < -0.3 is 20.4 Å². The van der Waals surface area contributed by atoms with Crippen LogP contribution in [-0.4, -0.2) is 49.2 Å². The molecule has 0 atom stereocenters. The van der Waals surface area contributed by atoms with Crippen molar-refractivity contribution in [1.82, 2.24) is 25.6 Å². The molecule has 0 unspecified atom stereocenters. The van der Waals surface area contributed by atoms with E-state index in [9.17, 15) is 23.9 Å². The van der Waals surface area contributed by atoms with Crippen LogP contribution in [0, 0.1) is 0 Å². The molecule has 0 aliphatic heterocycles. The lowest BCUT2D eigenvalue weighted by atomic mass is 9.95. The molecule has 1 aliphatic carbocycles. The third-order valence-corrected chi connectivity index (χ3v) is 7.64. The number of nitrogens with zero attached hydrogens (tertiary/aromatic N) is 3.